The van der Waals surface area contributed by atoms with E-state index in [2.05, 4.69) is 0 Å². The fourth-order valence-electron chi connectivity index (χ4n) is 1.89. The molecule has 0 saturated heterocycles. The van der Waals surface area contributed by atoms with Crippen molar-refractivity contribution in [2.45, 2.75) is 19.4 Å². The summed E-state index contributed by atoms with van der Waals surface area (Å²) < 4.78 is 26.6. The van der Waals surface area contributed by atoms with Crippen molar-refractivity contribution < 1.29 is 8.78 Å². The molecule has 19 heavy (non-hydrogen) atoms. The quantitative estimate of drug-likeness (QED) is 0.898. The minimum atomic E-state index is -0.422. The van der Waals surface area contributed by atoms with Gasteiger partial charge in [-0.25, -0.2) is 8.78 Å². The Balaban J connectivity index is 2.22. The van der Waals surface area contributed by atoms with Gasteiger partial charge in [-0.15, -0.1) is 0 Å². The molecule has 1 unspecified atom stereocenters. The van der Waals surface area contributed by atoms with Gasteiger partial charge in [0.15, 0.2) is 0 Å². The summed E-state index contributed by atoms with van der Waals surface area (Å²) >= 11 is 5.99. The maximum atomic E-state index is 13.5. The number of aryl methyl sites for hydroxylation is 1. The van der Waals surface area contributed by atoms with Crippen LogP contribution < -0.4 is 5.73 Å². The number of rotatable bonds is 3. The Labute approximate surface area is 116 Å². The van der Waals surface area contributed by atoms with Crippen molar-refractivity contribution in [3.8, 4) is 0 Å². The van der Waals surface area contributed by atoms with Gasteiger partial charge in [-0.05, 0) is 54.3 Å². The first kappa shape index (κ1) is 14.0. The third-order valence-electron chi connectivity index (χ3n) is 3.07. The van der Waals surface area contributed by atoms with Crippen LogP contribution in [-0.4, -0.2) is 0 Å². The molecule has 2 aromatic carbocycles. The Bertz CT molecular complexity index is 599. The summed E-state index contributed by atoms with van der Waals surface area (Å²) in [5, 5.41) is 0.462. The van der Waals surface area contributed by atoms with E-state index >= 15 is 0 Å². The molecule has 0 amide bonds. The van der Waals surface area contributed by atoms with Crippen LogP contribution in [0.15, 0.2) is 36.4 Å². The third kappa shape index (κ3) is 3.31. The van der Waals surface area contributed by atoms with Crippen molar-refractivity contribution in [1.82, 2.24) is 0 Å². The fraction of sp³-hybridized carbons (Fsp3) is 0.200. The second-order valence-corrected chi connectivity index (χ2v) is 4.96. The lowest BCUT2D eigenvalue weighted by molar-refractivity contribution is 0.607. The van der Waals surface area contributed by atoms with Gasteiger partial charge in [0, 0.05) is 11.1 Å². The Morgan fingerprint density at radius 3 is 2.58 bits per heavy atom. The molecule has 2 rings (SSSR count). The highest BCUT2D eigenvalue weighted by Crippen LogP contribution is 2.24. The highest BCUT2D eigenvalue weighted by Gasteiger charge is 2.12. The first-order valence-corrected chi connectivity index (χ1v) is 6.30. The molecule has 1 atom stereocenters. The van der Waals surface area contributed by atoms with Crippen molar-refractivity contribution in [1.29, 1.82) is 0 Å². The number of halogens is 3. The molecule has 2 aromatic rings. The summed E-state index contributed by atoms with van der Waals surface area (Å²) in [6.45, 7) is 1.69. The lowest BCUT2D eigenvalue weighted by Crippen LogP contribution is -2.14. The van der Waals surface area contributed by atoms with Crippen molar-refractivity contribution >= 4 is 11.6 Å². The van der Waals surface area contributed by atoms with Crippen molar-refractivity contribution in [3.05, 3.63) is 69.7 Å². The lowest BCUT2D eigenvalue weighted by atomic mass is 9.98. The molecule has 100 valence electrons. The maximum absolute atomic E-state index is 13.5. The predicted molar refractivity (Wildman–Crippen MR) is 73.2 cm³/mol. The molecule has 0 aliphatic carbocycles. The standard InChI is InChI=1S/C15H14ClF2N/c1-9-2-3-10(7-14(9)18)15(19)8-11-6-12(17)4-5-13(11)16/h2-7,15H,8,19H2,1H3. The van der Waals surface area contributed by atoms with Gasteiger partial charge in [0.05, 0.1) is 0 Å². The van der Waals surface area contributed by atoms with Gasteiger partial charge in [-0.3, -0.25) is 0 Å². The second kappa shape index (κ2) is 5.68. The largest absolute Gasteiger partial charge is 0.324 e. The average molecular weight is 282 g/mol. The van der Waals surface area contributed by atoms with E-state index in [0.717, 1.165) is 0 Å². The van der Waals surface area contributed by atoms with Crippen LogP contribution in [0.1, 0.15) is 22.7 Å². The van der Waals surface area contributed by atoms with Crippen LogP contribution in [0.2, 0.25) is 5.02 Å². The van der Waals surface area contributed by atoms with Crippen molar-refractivity contribution in [2.75, 3.05) is 0 Å². The predicted octanol–water partition coefficient (Wildman–Crippen LogP) is 4.17. The van der Waals surface area contributed by atoms with Gasteiger partial charge in [-0.2, -0.15) is 0 Å². The summed E-state index contributed by atoms with van der Waals surface area (Å²) in [4.78, 5) is 0. The first-order chi connectivity index (χ1) is 8.97. The minimum Gasteiger partial charge on any atom is -0.324 e. The lowest BCUT2D eigenvalue weighted by Gasteiger charge is -2.14. The van der Waals surface area contributed by atoms with Crippen LogP contribution in [0.4, 0.5) is 8.78 Å². The second-order valence-electron chi connectivity index (χ2n) is 4.55. The van der Waals surface area contributed by atoms with Crippen LogP contribution in [0.3, 0.4) is 0 Å². The summed E-state index contributed by atoms with van der Waals surface area (Å²) in [7, 11) is 0. The molecular weight excluding hydrogens is 268 g/mol. The summed E-state index contributed by atoms with van der Waals surface area (Å²) in [6, 6.07) is 8.58. The molecule has 0 heterocycles. The zero-order valence-corrected chi connectivity index (χ0v) is 11.2. The molecule has 0 aliphatic heterocycles. The molecule has 0 spiro atoms. The topological polar surface area (TPSA) is 26.0 Å². The zero-order chi connectivity index (χ0) is 14.0. The molecule has 0 bridgehead atoms. The molecule has 0 fully saturated rings. The highest BCUT2D eigenvalue weighted by molar-refractivity contribution is 6.31. The average Bonchev–Trinajstić information content (AvgIpc) is 2.37. The van der Waals surface area contributed by atoms with E-state index in [-0.39, 0.29) is 11.6 Å². The SMILES string of the molecule is Cc1ccc(C(N)Cc2cc(F)ccc2Cl)cc1F. The van der Waals surface area contributed by atoms with Crippen molar-refractivity contribution in [2.24, 2.45) is 5.73 Å². The molecule has 0 aliphatic rings. The highest BCUT2D eigenvalue weighted by atomic mass is 35.5. The molecule has 1 nitrogen and oxygen atoms in total. The molecule has 0 aromatic heterocycles. The summed E-state index contributed by atoms with van der Waals surface area (Å²) in [6.07, 6.45) is 0.360. The zero-order valence-electron chi connectivity index (χ0n) is 10.5. The smallest absolute Gasteiger partial charge is 0.126 e. The van der Waals surface area contributed by atoms with Crippen LogP contribution in [-0.2, 0) is 6.42 Å². The minimum absolute atomic E-state index is 0.293. The van der Waals surface area contributed by atoms with Gasteiger partial charge in [0.25, 0.3) is 0 Å². The number of benzene rings is 2. The monoisotopic (exact) mass is 281 g/mol. The van der Waals surface area contributed by atoms with E-state index in [1.807, 2.05) is 0 Å². The van der Waals surface area contributed by atoms with Crippen LogP contribution >= 0.6 is 11.6 Å². The fourth-order valence-corrected chi connectivity index (χ4v) is 2.09. The Morgan fingerprint density at radius 1 is 1.16 bits per heavy atom. The van der Waals surface area contributed by atoms with Crippen LogP contribution in [0, 0.1) is 18.6 Å². The molecule has 0 saturated carbocycles. The van der Waals surface area contributed by atoms with Gasteiger partial charge in [0.1, 0.15) is 11.6 Å². The number of hydrogen-bond acceptors (Lipinski definition) is 1. The van der Waals surface area contributed by atoms with Crippen LogP contribution in [0.25, 0.3) is 0 Å². The Kier molecular flexibility index (Phi) is 4.17. The summed E-state index contributed by atoms with van der Waals surface area (Å²) in [5.41, 5.74) is 7.88. The van der Waals surface area contributed by atoms with E-state index in [9.17, 15) is 8.78 Å². The molecular formula is C15H14ClF2N. The molecule has 4 heteroatoms. The maximum Gasteiger partial charge on any atom is 0.126 e. The Morgan fingerprint density at radius 2 is 1.89 bits per heavy atom. The van der Waals surface area contributed by atoms with Gasteiger partial charge in [-0.1, -0.05) is 23.7 Å². The molecule has 0 radical (unpaired) electrons. The van der Waals surface area contributed by atoms with E-state index in [4.69, 9.17) is 17.3 Å². The van der Waals surface area contributed by atoms with Gasteiger partial charge < -0.3 is 5.73 Å². The van der Waals surface area contributed by atoms with E-state index < -0.39 is 6.04 Å². The van der Waals surface area contributed by atoms with E-state index in [1.165, 1.54) is 24.3 Å². The molecule has 2 N–H and O–H groups in total. The van der Waals surface area contributed by atoms with E-state index in [1.54, 1.807) is 19.1 Å². The summed E-state index contributed by atoms with van der Waals surface area (Å²) in [5.74, 6) is -0.653. The Hall–Kier alpha value is -1.45. The van der Waals surface area contributed by atoms with Gasteiger partial charge in [0.2, 0.25) is 0 Å². The van der Waals surface area contributed by atoms with Gasteiger partial charge >= 0.3 is 0 Å². The first-order valence-electron chi connectivity index (χ1n) is 5.93. The van der Waals surface area contributed by atoms with Crippen LogP contribution in [0.5, 0.6) is 0 Å². The normalized spacial score (nSPS) is 12.5. The van der Waals surface area contributed by atoms with Crippen molar-refractivity contribution in [3.63, 3.8) is 0 Å². The van der Waals surface area contributed by atoms with E-state index in [0.29, 0.717) is 28.1 Å². The number of hydrogen-bond donors (Lipinski definition) is 1. The third-order valence-corrected chi connectivity index (χ3v) is 3.44. The number of nitrogens with two attached hydrogens (primary N) is 1.